The summed E-state index contributed by atoms with van der Waals surface area (Å²) in [7, 11) is -0.378. The number of fused-ring (bicyclic) bond motifs is 2. The molecule has 562 valence electrons. The van der Waals surface area contributed by atoms with Crippen molar-refractivity contribution in [2.24, 2.45) is 19.1 Å². The number of likely N-dealkylation sites (N-methyl/N-ethyl adjacent to an activating group) is 1. The number of esters is 3. The standard InChI is InChI=1S/C42H53ClN6O6S.C36H45ClN6O6/c1-6-8-9-10-11-12-13-14-15-18-25-55-42(52)30-21-23-33(43)36(27-30)46-40(50)38(39-45-35-20-17-16-19-32(35)41(51)48(39)4)44-34-24-22-31(26-29(34)3)49(7-2)28-37(49)47-56(5,53)54;1-5-7-8-9-10-11-12-13-14-17-22-49-35(46)25-20-21-27(37)29(23-25)39-33(44)31(43-24(3)30(40-41-43)36(47)48-6-2)32-38-28-19-16-15-18-26(28)34(45)42(32)4/h16-17,19-24,26-27,37,47H,6-15,18,25,28H2,1-5H3;15-16,18-21,23,31H,5-14,17,22H2,1-4H3,(H,39,44)/p+1. The number of benzene rings is 5. The van der Waals surface area contributed by atoms with Crippen molar-refractivity contribution < 1.29 is 46.6 Å². The van der Waals surface area contributed by atoms with E-state index in [4.69, 9.17) is 47.4 Å². The van der Waals surface area contributed by atoms with E-state index in [2.05, 4.69) is 44.5 Å². The summed E-state index contributed by atoms with van der Waals surface area (Å²) in [6.45, 7) is 13.5. The number of amides is 2. The second-order valence-electron chi connectivity index (χ2n) is 26.6. The first-order valence-corrected chi connectivity index (χ1v) is 39.2. The SMILES string of the molecule is CCCCCCCCCCCCOC(=O)c1ccc(Cl)c(NC(=O)C(=Nc2ccc([N+]3(CC)CC3NS(C)(=O)=O)cc2C)c2nc3ccccc3c(=O)n2C)c1.CCCCCCCCCCCCOC(=O)c1ccc(Cl)c(NC(=O)C(c2nc3ccccc3c(=O)n2C)n2nnc(C(=O)OCC)c2C)c1. The Balaban J connectivity index is 0.000000268. The highest BCUT2D eigenvalue weighted by Gasteiger charge is 2.57. The zero-order chi connectivity index (χ0) is 75.8. The van der Waals surface area contributed by atoms with Gasteiger partial charge in [0.15, 0.2) is 29.8 Å². The third-order valence-electron chi connectivity index (χ3n) is 18.7. The molecule has 1 saturated heterocycles. The van der Waals surface area contributed by atoms with Gasteiger partial charge in [0.1, 0.15) is 11.5 Å². The van der Waals surface area contributed by atoms with Gasteiger partial charge in [0.2, 0.25) is 16.2 Å². The lowest BCUT2D eigenvalue weighted by Crippen LogP contribution is -2.38. The van der Waals surface area contributed by atoms with Crippen LogP contribution in [0.1, 0.15) is 216 Å². The fraction of sp³-hybridized carbons (Fsp3) is 0.462. The maximum absolute atomic E-state index is 14.3. The number of hydrogen-bond acceptors (Lipinski definition) is 17. The molecule has 0 radical (unpaired) electrons. The largest absolute Gasteiger partial charge is 0.462 e. The van der Waals surface area contributed by atoms with Crippen LogP contribution < -0.4 is 31.0 Å². The minimum Gasteiger partial charge on any atom is -0.462 e. The van der Waals surface area contributed by atoms with E-state index in [1.54, 1.807) is 74.5 Å². The van der Waals surface area contributed by atoms with E-state index in [0.717, 1.165) is 56.0 Å². The molecule has 3 atom stereocenters. The number of ether oxygens (including phenoxy) is 3. The summed E-state index contributed by atoms with van der Waals surface area (Å²) in [5.74, 6) is -3.11. The number of hydrogen-bond donors (Lipinski definition) is 3. The van der Waals surface area contributed by atoms with E-state index in [9.17, 15) is 42.0 Å². The van der Waals surface area contributed by atoms with Gasteiger partial charge in [0.25, 0.3) is 22.9 Å². The van der Waals surface area contributed by atoms with Gasteiger partial charge in [-0.05, 0) is 113 Å². The summed E-state index contributed by atoms with van der Waals surface area (Å²) in [6, 6.07) is 26.8. The zero-order valence-corrected chi connectivity index (χ0v) is 64.1. The Kier molecular flexibility index (Phi) is 30.6. The van der Waals surface area contributed by atoms with Gasteiger partial charge in [-0.15, -0.1) is 5.10 Å². The number of nitrogens with one attached hydrogen (secondary N) is 3. The Morgan fingerprint density at radius 2 is 1.10 bits per heavy atom. The molecule has 2 amide bonds. The molecule has 9 rings (SSSR count). The molecule has 105 heavy (non-hydrogen) atoms. The molecular weight excluding hydrogens is 1400 g/mol. The first-order valence-electron chi connectivity index (χ1n) is 36.6. The third kappa shape index (κ3) is 22.1. The topological polar surface area (TPSA) is 296 Å². The first-order chi connectivity index (χ1) is 50.4. The van der Waals surface area contributed by atoms with Gasteiger partial charge in [-0.1, -0.05) is 182 Å². The molecule has 3 N–H and O–H groups in total. The van der Waals surface area contributed by atoms with Crippen molar-refractivity contribution in [1.82, 2.24) is 43.3 Å². The minimum atomic E-state index is -3.40. The van der Waals surface area contributed by atoms with E-state index in [1.165, 1.54) is 148 Å². The number of rotatable bonds is 38. The Morgan fingerprint density at radius 3 is 1.61 bits per heavy atom. The number of anilines is 2. The van der Waals surface area contributed by atoms with Crippen LogP contribution in [0.3, 0.4) is 0 Å². The predicted octanol–water partition coefficient (Wildman–Crippen LogP) is 14.9. The molecule has 8 aromatic rings. The predicted molar refractivity (Wildman–Crippen MR) is 414 cm³/mol. The van der Waals surface area contributed by atoms with Crippen LogP contribution in [0.2, 0.25) is 10.0 Å². The average molecular weight is 1500 g/mol. The van der Waals surface area contributed by atoms with Crippen LogP contribution in [-0.2, 0) is 47.9 Å². The summed E-state index contributed by atoms with van der Waals surface area (Å²) >= 11 is 13.0. The molecular formula is C78H99Cl2N12O12S+. The molecule has 1 aliphatic heterocycles. The highest BCUT2D eigenvalue weighted by atomic mass is 35.5. The number of carbonyl (C=O) groups excluding carboxylic acids is 5. The highest BCUT2D eigenvalue weighted by Crippen LogP contribution is 2.40. The second kappa shape index (κ2) is 39.4. The normalized spacial score (nSPS) is 14.5. The zero-order valence-electron chi connectivity index (χ0n) is 61.7. The Hall–Kier alpha value is -9.01. The van der Waals surface area contributed by atoms with Crippen LogP contribution in [0.5, 0.6) is 0 Å². The summed E-state index contributed by atoms with van der Waals surface area (Å²) in [6.07, 6.45) is 24.3. The number of aromatic nitrogens is 7. The van der Waals surface area contributed by atoms with Gasteiger partial charge in [0.05, 0.1) is 98.4 Å². The molecule has 27 heteroatoms. The number of aryl methyl sites for hydroxylation is 1. The Labute approximate surface area is 624 Å². The van der Waals surface area contributed by atoms with Crippen molar-refractivity contribution >= 4 is 113 Å². The smallest absolute Gasteiger partial charge is 0.360 e. The molecule has 0 spiro atoms. The molecule has 24 nitrogen and oxygen atoms in total. The molecule has 1 fully saturated rings. The fourth-order valence-electron chi connectivity index (χ4n) is 12.6. The van der Waals surface area contributed by atoms with Crippen molar-refractivity contribution in [1.29, 1.82) is 0 Å². The molecule has 1 aliphatic rings. The van der Waals surface area contributed by atoms with E-state index in [1.807, 2.05) is 26.0 Å². The number of quaternary nitrogens is 1. The van der Waals surface area contributed by atoms with Crippen molar-refractivity contribution in [3.05, 3.63) is 174 Å². The number of nitrogens with zero attached hydrogens (tertiary/aromatic N) is 9. The number of aliphatic imine (C=N–C) groups is 1. The number of carbonyl (C=O) groups is 5. The van der Waals surface area contributed by atoms with Gasteiger partial charge >= 0.3 is 17.9 Å². The molecule has 4 heterocycles. The summed E-state index contributed by atoms with van der Waals surface area (Å²) in [5.41, 5.74) is 2.80. The summed E-state index contributed by atoms with van der Waals surface area (Å²) in [5, 5.41) is 14.7. The van der Waals surface area contributed by atoms with Crippen molar-refractivity contribution in [3.8, 4) is 0 Å². The third-order valence-corrected chi connectivity index (χ3v) is 20.1. The van der Waals surface area contributed by atoms with Crippen LogP contribution in [0.25, 0.3) is 21.8 Å². The van der Waals surface area contributed by atoms with E-state index in [0.29, 0.717) is 51.7 Å². The lowest BCUT2D eigenvalue weighted by Gasteiger charge is -2.21. The van der Waals surface area contributed by atoms with Crippen molar-refractivity contribution in [3.63, 3.8) is 0 Å². The lowest BCUT2D eigenvalue weighted by atomic mass is 10.1. The molecule has 5 aromatic carbocycles. The van der Waals surface area contributed by atoms with Crippen LogP contribution in [0.15, 0.2) is 118 Å². The molecule has 3 aromatic heterocycles. The van der Waals surface area contributed by atoms with Gasteiger partial charge in [-0.2, -0.15) is 4.72 Å². The lowest BCUT2D eigenvalue weighted by molar-refractivity contribution is -0.118. The maximum atomic E-state index is 14.3. The quantitative estimate of drug-likeness (QED) is 0.00809. The maximum Gasteiger partial charge on any atom is 0.360 e. The minimum absolute atomic E-state index is 0.0262. The Morgan fingerprint density at radius 1 is 0.610 bits per heavy atom. The first kappa shape index (κ1) is 81.7. The Bertz CT molecular complexity index is 4650. The number of sulfonamides is 1. The number of halogens is 2. The molecule has 3 unspecified atom stereocenters. The van der Waals surface area contributed by atoms with E-state index < -0.39 is 45.8 Å². The van der Waals surface area contributed by atoms with E-state index in [-0.39, 0.29) is 91.8 Å². The van der Waals surface area contributed by atoms with Crippen molar-refractivity contribution in [2.75, 3.05) is 49.8 Å². The van der Waals surface area contributed by atoms with Crippen LogP contribution in [-0.4, -0.2) is 123 Å². The van der Waals surface area contributed by atoms with Gasteiger partial charge < -0.3 is 24.8 Å². The van der Waals surface area contributed by atoms with Gasteiger partial charge in [-0.25, -0.2) is 42.4 Å². The molecule has 0 aliphatic carbocycles. The van der Waals surface area contributed by atoms with Gasteiger partial charge in [-0.3, -0.25) is 32.8 Å². The van der Waals surface area contributed by atoms with Crippen molar-refractivity contribution in [2.45, 2.75) is 182 Å². The van der Waals surface area contributed by atoms with Gasteiger partial charge in [0, 0.05) is 26.2 Å². The van der Waals surface area contributed by atoms with E-state index >= 15 is 0 Å². The molecule has 0 bridgehead atoms. The highest BCUT2D eigenvalue weighted by molar-refractivity contribution is 7.88. The summed E-state index contributed by atoms with van der Waals surface area (Å²) < 4.78 is 47.0. The van der Waals surface area contributed by atoms with Crippen LogP contribution >= 0.6 is 23.2 Å². The van der Waals surface area contributed by atoms with Crippen LogP contribution in [0, 0.1) is 13.8 Å². The average Bonchev–Trinajstić information content (AvgIpc) is 1.57. The fourth-order valence-corrected chi connectivity index (χ4v) is 13.7. The number of para-hydroxylation sites is 2. The molecule has 0 saturated carbocycles. The van der Waals surface area contributed by atoms with Crippen LogP contribution in [0.4, 0.5) is 22.7 Å². The number of unbranched alkanes of at least 4 members (excludes halogenated alkanes) is 18. The monoisotopic (exact) mass is 1500 g/mol. The summed E-state index contributed by atoms with van der Waals surface area (Å²) in [4.78, 5) is 108. The second-order valence-corrected chi connectivity index (χ2v) is 29.2.